The Labute approximate surface area is 111 Å². The first-order chi connectivity index (χ1) is 8.55. The normalized spacial score (nSPS) is 28.1. The molecule has 106 valence electrons. The Bertz CT molecular complexity index is 271. The molecule has 2 atom stereocenters. The number of carbonyl (C=O) groups excluding carboxylic acids is 1. The summed E-state index contributed by atoms with van der Waals surface area (Å²) in [7, 11) is 0. The smallest absolute Gasteiger partial charge is 0.243 e. The Morgan fingerprint density at radius 1 is 1.33 bits per heavy atom. The Balaban J connectivity index is 2.28. The molecule has 1 fully saturated rings. The van der Waals surface area contributed by atoms with Crippen molar-refractivity contribution in [3.63, 3.8) is 0 Å². The number of hydrogen-bond donors (Lipinski definition) is 1. The monoisotopic (exact) mass is 256 g/mol. The average molecular weight is 256 g/mol. The number of nitrogens with one attached hydrogen (secondary N) is 1. The molecule has 2 unspecified atom stereocenters. The molecule has 1 saturated heterocycles. The highest BCUT2D eigenvalue weighted by atomic mass is 16.5. The summed E-state index contributed by atoms with van der Waals surface area (Å²) in [5.41, 5.74) is -0.373. The molecule has 1 aliphatic heterocycles. The molecule has 1 N–H and O–H groups in total. The van der Waals surface area contributed by atoms with Crippen LogP contribution in [0.15, 0.2) is 0 Å². The first-order valence-electron chi connectivity index (χ1n) is 7.21. The van der Waals surface area contributed by atoms with Gasteiger partial charge < -0.3 is 9.64 Å². The van der Waals surface area contributed by atoms with Crippen molar-refractivity contribution in [2.24, 2.45) is 0 Å². The molecule has 1 heterocycles. The molecule has 18 heavy (non-hydrogen) atoms. The van der Waals surface area contributed by atoms with Gasteiger partial charge in [0.25, 0.3) is 0 Å². The van der Waals surface area contributed by atoms with E-state index >= 15 is 0 Å². The largest absolute Gasteiger partial charge is 0.381 e. The lowest BCUT2D eigenvalue weighted by Gasteiger charge is -2.21. The van der Waals surface area contributed by atoms with Crippen LogP contribution in [0.5, 0.6) is 0 Å². The van der Waals surface area contributed by atoms with E-state index in [4.69, 9.17) is 4.74 Å². The second-order valence-electron chi connectivity index (χ2n) is 5.32. The first kappa shape index (κ1) is 15.4. The molecule has 0 radical (unpaired) electrons. The standard InChI is InChI=1S/C14H28N2O2/c1-5-7-10-18-11-8-9-16-12(3)15-14(4,6-2)13(16)17/h12,15H,5-11H2,1-4H3. The molecule has 1 amide bonds. The Hall–Kier alpha value is -0.610. The summed E-state index contributed by atoms with van der Waals surface area (Å²) >= 11 is 0. The van der Waals surface area contributed by atoms with E-state index in [0.717, 1.165) is 39.0 Å². The fourth-order valence-electron chi connectivity index (χ4n) is 2.33. The minimum Gasteiger partial charge on any atom is -0.381 e. The third-order valence-corrected chi connectivity index (χ3v) is 3.76. The second-order valence-corrected chi connectivity index (χ2v) is 5.32. The molecule has 0 bridgehead atoms. The molecular formula is C14H28N2O2. The maximum absolute atomic E-state index is 12.3. The quantitative estimate of drug-likeness (QED) is 0.677. The highest BCUT2D eigenvalue weighted by Gasteiger charge is 2.44. The molecule has 4 nitrogen and oxygen atoms in total. The van der Waals surface area contributed by atoms with E-state index < -0.39 is 0 Å². The predicted octanol–water partition coefficient (Wildman–Crippen LogP) is 2.14. The lowest BCUT2D eigenvalue weighted by molar-refractivity contribution is -0.133. The number of carbonyl (C=O) groups is 1. The summed E-state index contributed by atoms with van der Waals surface area (Å²) in [5, 5.41) is 3.38. The summed E-state index contributed by atoms with van der Waals surface area (Å²) < 4.78 is 5.52. The van der Waals surface area contributed by atoms with Gasteiger partial charge in [-0.1, -0.05) is 20.3 Å². The Morgan fingerprint density at radius 2 is 2.00 bits per heavy atom. The summed E-state index contributed by atoms with van der Waals surface area (Å²) in [4.78, 5) is 14.2. The van der Waals surface area contributed by atoms with Crippen molar-refractivity contribution >= 4 is 5.91 Å². The number of unbranched alkanes of at least 4 members (excludes halogenated alkanes) is 1. The first-order valence-corrected chi connectivity index (χ1v) is 7.21. The van der Waals surface area contributed by atoms with E-state index in [1.54, 1.807) is 0 Å². The Morgan fingerprint density at radius 3 is 2.56 bits per heavy atom. The lowest BCUT2D eigenvalue weighted by Crippen LogP contribution is -2.43. The van der Waals surface area contributed by atoms with E-state index in [2.05, 4.69) is 26.1 Å². The number of ether oxygens (including phenoxy) is 1. The fourth-order valence-corrected chi connectivity index (χ4v) is 2.33. The second kappa shape index (κ2) is 7.10. The van der Waals surface area contributed by atoms with Crippen LogP contribution in [0.25, 0.3) is 0 Å². The van der Waals surface area contributed by atoms with Gasteiger partial charge in [0.05, 0.1) is 11.7 Å². The maximum Gasteiger partial charge on any atom is 0.243 e. The van der Waals surface area contributed by atoms with Crippen LogP contribution in [-0.2, 0) is 9.53 Å². The van der Waals surface area contributed by atoms with Gasteiger partial charge in [0.2, 0.25) is 5.91 Å². The summed E-state index contributed by atoms with van der Waals surface area (Å²) in [5.74, 6) is 0.228. The van der Waals surface area contributed by atoms with Crippen LogP contribution in [-0.4, -0.2) is 42.3 Å². The van der Waals surface area contributed by atoms with Gasteiger partial charge in [-0.3, -0.25) is 10.1 Å². The molecule has 0 saturated carbocycles. The molecule has 1 rings (SSSR count). The highest BCUT2D eigenvalue weighted by Crippen LogP contribution is 2.23. The van der Waals surface area contributed by atoms with E-state index in [9.17, 15) is 4.79 Å². The van der Waals surface area contributed by atoms with Crippen molar-refractivity contribution in [3.05, 3.63) is 0 Å². The van der Waals surface area contributed by atoms with Crippen molar-refractivity contribution < 1.29 is 9.53 Å². The number of nitrogens with zero attached hydrogens (tertiary/aromatic N) is 1. The zero-order chi connectivity index (χ0) is 13.6. The van der Waals surface area contributed by atoms with Crippen molar-refractivity contribution in [2.75, 3.05) is 19.8 Å². The van der Waals surface area contributed by atoms with Gasteiger partial charge in [0, 0.05) is 19.8 Å². The van der Waals surface area contributed by atoms with Crippen LogP contribution in [0.1, 0.15) is 53.4 Å². The molecule has 1 aliphatic rings. The van der Waals surface area contributed by atoms with Crippen LogP contribution in [0.4, 0.5) is 0 Å². The molecule has 0 aliphatic carbocycles. The Kier molecular flexibility index (Phi) is 6.09. The molecular weight excluding hydrogens is 228 g/mol. The van der Waals surface area contributed by atoms with Crippen molar-refractivity contribution in [2.45, 2.75) is 65.1 Å². The molecule has 0 spiro atoms. The third kappa shape index (κ3) is 3.69. The van der Waals surface area contributed by atoms with Gasteiger partial charge in [0.15, 0.2) is 0 Å². The number of amides is 1. The van der Waals surface area contributed by atoms with Crippen LogP contribution < -0.4 is 5.32 Å². The maximum atomic E-state index is 12.3. The SMILES string of the molecule is CCCCOCCCN1C(=O)C(C)(CC)NC1C. The number of hydrogen-bond acceptors (Lipinski definition) is 3. The van der Waals surface area contributed by atoms with Gasteiger partial charge in [-0.2, -0.15) is 0 Å². The van der Waals surface area contributed by atoms with Crippen LogP contribution in [0.3, 0.4) is 0 Å². The summed E-state index contributed by atoms with van der Waals surface area (Å²) in [6, 6.07) is 0. The zero-order valence-electron chi connectivity index (χ0n) is 12.3. The number of rotatable bonds is 8. The van der Waals surface area contributed by atoms with E-state index in [0.29, 0.717) is 0 Å². The average Bonchev–Trinajstić information content (AvgIpc) is 2.57. The van der Waals surface area contributed by atoms with Gasteiger partial charge in [0.1, 0.15) is 0 Å². The minimum atomic E-state index is -0.373. The van der Waals surface area contributed by atoms with Crippen molar-refractivity contribution in [3.8, 4) is 0 Å². The van der Waals surface area contributed by atoms with Crippen molar-refractivity contribution in [1.29, 1.82) is 0 Å². The minimum absolute atomic E-state index is 0.137. The van der Waals surface area contributed by atoms with Crippen LogP contribution in [0.2, 0.25) is 0 Å². The van der Waals surface area contributed by atoms with E-state index in [1.165, 1.54) is 6.42 Å². The molecule has 0 aromatic rings. The lowest BCUT2D eigenvalue weighted by atomic mass is 9.99. The predicted molar refractivity (Wildman–Crippen MR) is 73.4 cm³/mol. The summed E-state index contributed by atoms with van der Waals surface area (Å²) in [6.45, 7) is 10.6. The van der Waals surface area contributed by atoms with Gasteiger partial charge in [-0.25, -0.2) is 0 Å². The van der Waals surface area contributed by atoms with E-state index in [-0.39, 0.29) is 17.6 Å². The van der Waals surface area contributed by atoms with Gasteiger partial charge in [-0.05, 0) is 33.1 Å². The van der Waals surface area contributed by atoms with Crippen LogP contribution >= 0.6 is 0 Å². The zero-order valence-corrected chi connectivity index (χ0v) is 12.3. The highest BCUT2D eigenvalue weighted by molar-refractivity contribution is 5.88. The van der Waals surface area contributed by atoms with Gasteiger partial charge in [-0.15, -0.1) is 0 Å². The topological polar surface area (TPSA) is 41.6 Å². The summed E-state index contributed by atoms with van der Waals surface area (Å²) in [6.07, 6.45) is 4.17. The van der Waals surface area contributed by atoms with Gasteiger partial charge >= 0.3 is 0 Å². The fraction of sp³-hybridized carbons (Fsp3) is 0.929. The van der Waals surface area contributed by atoms with Crippen LogP contribution in [0, 0.1) is 0 Å². The molecule has 4 heteroatoms. The molecule has 0 aromatic heterocycles. The molecule has 0 aromatic carbocycles. The van der Waals surface area contributed by atoms with E-state index in [1.807, 2.05) is 11.8 Å². The van der Waals surface area contributed by atoms with Crippen molar-refractivity contribution in [1.82, 2.24) is 10.2 Å². The third-order valence-electron chi connectivity index (χ3n) is 3.76.